The number of carbonyl (C=O) groups excluding carboxylic acids is 1. The molecule has 0 spiro atoms. The van der Waals surface area contributed by atoms with Crippen LogP contribution in [-0.4, -0.2) is 20.7 Å². The molecule has 0 bridgehead atoms. The first-order chi connectivity index (χ1) is 12.2. The molecule has 0 atom stereocenters. The molecule has 1 fully saturated rings. The van der Waals surface area contributed by atoms with E-state index in [1.807, 2.05) is 37.4 Å². The van der Waals surface area contributed by atoms with E-state index in [9.17, 15) is 4.79 Å². The molecular formula is C19H17N5O. The van der Waals surface area contributed by atoms with Crippen molar-refractivity contribution in [1.82, 2.24) is 14.8 Å². The maximum Gasteiger partial charge on any atom is 0.256 e. The number of aromatic nitrogens is 3. The average molecular weight is 331 g/mol. The van der Waals surface area contributed by atoms with E-state index >= 15 is 0 Å². The van der Waals surface area contributed by atoms with Gasteiger partial charge in [0.1, 0.15) is 0 Å². The first-order valence-electron chi connectivity index (χ1n) is 8.25. The van der Waals surface area contributed by atoms with Crippen LogP contribution in [0.4, 0.5) is 5.69 Å². The van der Waals surface area contributed by atoms with Gasteiger partial charge < -0.3 is 5.32 Å². The maximum atomic E-state index is 12.8. The zero-order chi connectivity index (χ0) is 17.4. The van der Waals surface area contributed by atoms with Crippen LogP contribution < -0.4 is 5.32 Å². The second-order valence-electron chi connectivity index (χ2n) is 6.36. The van der Waals surface area contributed by atoms with Crippen LogP contribution >= 0.6 is 0 Å². The van der Waals surface area contributed by atoms with Crippen molar-refractivity contribution >= 4 is 22.6 Å². The third-order valence-electron chi connectivity index (χ3n) is 4.46. The van der Waals surface area contributed by atoms with E-state index < -0.39 is 0 Å². The molecule has 0 unspecified atom stereocenters. The van der Waals surface area contributed by atoms with Gasteiger partial charge in [0.15, 0.2) is 5.65 Å². The van der Waals surface area contributed by atoms with Gasteiger partial charge in [-0.3, -0.25) is 9.48 Å². The predicted molar refractivity (Wildman–Crippen MR) is 94.2 cm³/mol. The predicted octanol–water partition coefficient (Wildman–Crippen LogP) is 3.16. The van der Waals surface area contributed by atoms with Crippen LogP contribution in [0.25, 0.3) is 11.0 Å². The van der Waals surface area contributed by atoms with E-state index in [-0.39, 0.29) is 5.91 Å². The monoisotopic (exact) mass is 331 g/mol. The maximum absolute atomic E-state index is 12.8. The van der Waals surface area contributed by atoms with Crippen LogP contribution in [0.1, 0.15) is 40.4 Å². The fraction of sp³-hybridized carbons (Fsp3) is 0.263. The highest BCUT2D eigenvalue weighted by Gasteiger charge is 2.27. The summed E-state index contributed by atoms with van der Waals surface area (Å²) < 4.78 is 1.70. The van der Waals surface area contributed by atoms with Gasteiger partial charge in [-0.25, -0.2) is 4.98 Å². The number of fused-ring (bicyclic) bond motifs is 1. The van der Waals surface area contributed by atoms with Crippen LogP contribution in [0, 0.1) is 11.3 Å². The number of nitrogens with zero attached hydrogens (tertiary/aromatic N) is 4. The second kappa shape index (κ2) is 6.02. The third-order valence-corrected chi connectivity index (χ3v) is 4.46. The molecule has 4 rings (SSSR count). The number of rotatable bonds is 4. The summed E-state index contributed by atoms with van der Waals surface area (Å²) >= 11 is 0. The SMILES string of the molecule is Cn1ncc2c(C(=O)Nc3ccc(CC#N)cc3)cc(C3CC3)nc21. The van der Waals surface area contributed by atoms with Crippen molar-refractivity contribution < 1.29 is 4.79 Å². The van der Waals surface area contributed by atoms with Gasteiger partial charge in [-0.15, -0.1) is 0 Å². The molecule has 0 saturated heterocycles. The number of anilines is 1. The Balaban J connectivity index is 1.66. The number of nitrogens with one attached hydrogen (secondary N) is 1. The molecule has 25 heavy (non-hydrogen) atoms. The van der Waals surface area contributed by atoms with Crippen molar-refractivity contribution in [3.05, 3.63) is 53.3 Å². The Hall–Kier alpha value is -3.20. The highest BCUT2D eigenvalue weighted by Crippen LogP contribution is 2.40. The van der Waals surface area contributed by atoms with E-state index in [2.05, 4.69) is 21.5 Å². The fourth-order valence-corrected chi connectivity index (χ4v) is 2.91. The minimum Gasteiger partial charge on any atom is -0.322 e. The smallest absolute Gasteiger partial charge is 0.256 e. The molecule has 3 aromatic rings. The van der Waals surface area contributed by atoms with E-state index in [0.717, 1.165) is 35.1 Å². The number of benzene rings is 1. The summed E-state index contributed by atoms with van der Waals surface area (Å²) in [6, 6.07) is 11.3. The Kier molecular flexibility index (Phi) is 3.69. The van der Waals surface area contributed by atoms with E-state index in [1.165, 1.54) is 0 Å². The topological polar surface area (TPSA) is 83.6 Å². The lowest BCUT2D eigenvalue weighted by Crippen LogP contribution is -2.13. The number of pyridine rings is 1. The lowest BCUT2D eigenvalue weighted by molar-refractivity contribution is 0.102. The summed E-state index contributed by atoms with van der Waals surface area (Å²) in [7, 11) is 1.83. The number of nitriles is 1. The van der Waals surface area contributed by atoms with Crippen LogP contribution in [0.5, 0.6) is 0 Å². The number of aryl methyl sites for hydroxylation is 1. The summed E-state index contributed by atoms with van der Waals surface area (Å²) in [5.74, 6) is 0.284. The first kappa shape index (κ1) is 15.3. The van der Waals surface area contributed by atoms with Crippen molar-refractivity contribution in [3.63, 3.8) is 0 Å². The van der Waals surface area contributed by atoms with Crippen molar-refractivity contribution in [2.45, 2.75) is 25.2 Å². The molecule has 1 N–H and O–H groups in total. The molecule has 1 aliphatic rings. The van der Waals surface area contributed by atoms with Crippen molar-refractivity contribution in [2.24, 2.45) is 7.05 Å². The van der Waals surface area contributed by atoms with Gasteiger partial charge >= 0.3 is 0 Å². The van der Waals surface area contributed by atoms with E-state index in [4.69, 9.17) is 5.26 Å². The molecule has 0 aliphatic heterocycles. The second-order valence-corrected chi connectivity index (χ2v) is 6.36. The normalized spacial score (nSPS) is 13.6. The molecule has 0 radical (unpaired) electrons. The van der Waals surface area contributed by atoms with Crippen molar-refractivity contribution in [3.8, 4) is 6.07 Å². The Labute approximate surface area is 145 Å². The van der Waals surface area contributed by atoms with Crippen LogP contribution in [0.3, 0.4) is 0 Å². The quantitative estimate of drug-likeness (QED) is 0.796. The molecule has 2 aromatic heterocycles. The highest BCUT2D eigenvalue weighted by atomic mass is 16.1. The molecular weight excluding hydrogens is 314 g/mol. The van der Waals surface area contributed by atoms with Crippen LogP contribution in [0.2, 0.25) is 0 Å². The van der Waals surface area contributed by atoms with Crippen molar-refractivity contribution in [1.29, 1.82) is 5.26 Å². The van der Waals surface area contributed by atoms with Gasteiger partial charge in [-0.2, -0.15) is 10.4 Å². The summed E-state index contributed by atoms with van der Waals surface area (Å²) in [6.45, 7) is 0. The van der Waals surface area contributed by atoms with Crippen LogP contribution in [-0.2, 0) is 13.5 Å². The zero-order valence-electron chi connectivity index (χ0n) is 13.9. The van der Waals surface area contributed by atoms with E-state index in [0.29, 0.717) is 23.6 Å². The summed E-state index contributed by atoms with van der Waals surface area (Å²) in [5, 5.41) is 16.7. The molecule has 1 amide bonds. The van der Waals surface area contributed by atoms with Gasteiger partial charge in [0.25, 0.3) is 5.91 Å². The Morgan fingerprint density at radius 3 is 2.80 bits per heavy atom. The molecule has 124 valence electrons. The number of hydrogen-bond acceptors (Lipinski definition) is 4. The fourth-order valence-electron chi connectivity index (χ4n) is 2.91. The third kappa shape index (κ3) is 2.96. The lowest BCUT2D eigenvalue weighted by atomic mass is 10.1. The number of carbonyl (C=O) groups is 1. The lowest BCUT2D eigenvalue weighted by Gasteiger charge is -2.09. The highest BCUT2D eigenvalue weighted by molar-refractivity contribution is 6.12. The van der Waals surface area contributed by atoms with Gasteiger partial charge in [0.05, 0.1) is 29.6 Å². The minimum absolute atomic E-state index is 0.171. The summed E-state index contributed by atoms with van der Waals surface area (Å²) in [4.78, 5) is 17.5. The molecule has 1 aliphatic carbocycles. The summed E-state index contributed by atoms with van der Waals surface area (Å²) in [6.07, 6.45) is 4.29. The summed E-state index contributed by atoms with van der Waals surface area (Å²) in [5.41, 5.74) is 3.93. The average Bonchev–Trinajstić information content (AvgIpc) is 3.40. The Morgan fingerprint density at radius 1 is 1.36 bits per heavy atom. The Morgan fingerprint density at radius 2 is 2.12 bits per heavy atom. The minimum atomic E-state index is -0.171. The number of hydrogen-bond donors (Lipinski definition) is 1. The molecule has 6 heteroatoms. The van der Waals surface area contributed by atoms with E-state index in [1.54, 1.807) is 10.9 Å². The Bertz CT molecular complexity index is 993. The van der Waals surface area contributed by atoms with Gasteiger partial charge in [-0.1, -0.05) is 12.1 Å². The molecule has 6 nitrogen and oxygen atoms in total. The van der Waals surface area contributed by atoms with Crippen molar-refractivity contribution in [2.75, 3.05) is 5.32 Å². The molecule has 2 heterocycles. The first-order valence-corrected chi connectivity index (χ1v) is 8.25. The van der Waals surface area contributed by atoms with Crippen LogP contribution in [0.15, 0.2) is 36.5 Å². The molecule has 1 saturated carbocycles. The standard InChI is InChI=1S/C19H17N5O/c1-24-18-16(11-21-24)15(10-17(23-18)13-4-5-13)19(25)22-14-6-2-12(3-7-14)8-9-20/h2-3,6-7,10-11,13H,4-5,8H2,1H3,(H,22,25). The number of amides is 1. The van der Waals surface area contributed by atoms with Gasteiger partial charge in [0.2, 0.25) is 0 Å². The van der Waals surface area contributed by atoms with Gasteiger partial charge in [0, 0.05) is 24.3 Å². The largest absolute Gasteiger partial charge is 0.322 e. The zero-order valence-corrected chi connectivity index (χ0v) is 13.9. The molecule has 1 aromatic carbocycles. The van der Waals surface area contributed by atoms with Gasteiger partial charge in [-0.05, 0) is 36.6 Å².